The fourth-order valence-electron chi connectivity index (χ4n) is 2.67. The van der Waals surface area contributed by atoms with Gasteiger partial charge in [-0.2, -0.15) is 0 Å². The molecule has 0 saturated carbocycles. The predicted molar refractivity (Wildman–Crippen MR) is 115 cm³/mol. The first kappa shape index (κ1) is 18.8. The third-order valence-corrected chi connectivity index (χ3v) is 6.54. The molecule has 3 aromatic heterocycles. The van der Waals surface area contributed by atoms with E-state index in [0.29, 0.717) is 16.8 Å². The molecule has 0 fully saturated rings. The van der Waals surface area contributed by atoms with Crippen LogP contribution < -0.4 is 5.32 Å². The molecule has 1 N–H and O–H groups in total. The van der Waals surface area contributed by atoms with E-state index in [9.17, 15) is 4.79 Å². The molecule has 0 unspecified atom stereocenters. The molecule has 0 radical (unpaired) electrons. The molecule has 0 saturated heterocycles. The SMILES string of the molecule is C=CCn1c(SCC(=O)Nc2nnc(C)s2)nnc1-c1csc2ccccc12. The standard InChI is InChI=1S/C18H16N6OS3/c1-3-8-24-16(13-9-26-14-7-5-4-6-12(13)14)21-23-18(24)27-10-15(25)19-17-22-20-11(2)28-17/h3-7,9H,1,8,10H2,2H3,(H,19,22,25). The normalized spacial score (nSPS) is 11.0. The molecule has 0 aliphatic rings. The second kappa shape index (κ2) is 8.21. The van der Waals surface area contributed by atoms with Crippen molar-refractivity contribution in [2.24, 2.45) is 0 Å². The Morgan fingerprint density at radius 3 is 2.93 bits per heavy atom. The maximum absolute atomic E-state index is 12.2. The zero-order valence-electron chi connectivity index (χ0n) is 15.0. The van der Waals surface area contributed by atoms with Gasteiger partial charge in [-0.3, -0.25) is 14.7 Å². The summed E-state index contributed by atoms with van der Waals surface area (Å²) in [5, 5.41) is 24.5. The minimum atomic E-state index is -0.156. The molecule has 142 valence electrons. The number of carbonyl (C=O) groups is 1. The smallest absolute Gasteiger partial charge is 0.236 e. The molecule has 1 aromatic carbocycles. The lowest BCUT2D eigenvalue weighted by Gasteiger charge is -2.07. The van der Waals surface area contributed by atoms with Gasteiger partial charge in [0, 0.05) is 27.6 Å². The van der Waals surface area contributed by atoms with Crippen LogP contribution >= 0.6 is 34.4 Å². The van der Waals surface area contributed by atoms with Crippen molar-refractivity contribution >= 4 is 55.6 Å². The average Bonchev–Trinajstić information content (AvgIpc) is 3.39. The van der Waals surface area contributed by atoms with E-state index in [1.165, 1.54) is 27.8 Å². The van der Waals surface area contributed by atoms with Crippen molar-refractivity contribution < 1.29 is 4.79 Å². The maximum atomic E-state index is 12.2. The van der Waals surface area contributed by atoms with Crippen LogP contribution in [0.5, 0.6) is 0 Å². The summed E-state index contributed by atoms with van der Waals surface area (Å²) in [6.45, 7) is 6.24. The Morgan fingerprint density at radius 2 is 2.14 bits per heavy atom. The molecule has 0 aliphatic heterocycles. The molecular formula is C18H16N6OS3. The van der Waals surface area contributed by atoms with Crippen molar-refractivity contribution in [2.75, 3.05) is 11.1 Å². The molecule has 0 spiro atoms. The number of aromatic nitrogens is 5. The number of hydrogen-bond donors (Lipinski definition) is 1. The summed E-state index contributed by atoms with van der Waals surface area (Å²) in [4.78, 5) is 12.2. The number of fused-ring (bicyclic) bond motifs is 1. The minimum absolute atomic E-state index is 0.156. The first-order valence-corrected chi connectivity index (χ1v) is 11.1. The van der Waals surface area contributed by atoms with E-state index >= 15 is 0 Å². The molecule has 1 amide bonds. The van der Waals surface area contributed by atoms with Gasteiger partial charge in [-0.15, -0.1) is 38.3 Å². The summed E-state index contributed by atoms with van der Waals surface area (Å²) < 4.78 is 3.18. The van der Waals surface area contributed by atoms with Gasteiger partial charge in [0.05, 0.1) is 5.75 Å². The zero-order chi connectivity index (χ0) is 19.5. The minimum Gasteiger partial charge on any atom is -0.300 e. The highest BCUT2D eigenvalue weighted by molar-refractivity contribution is 7.99. The monoisotopic (exact) mass is 428 g/mol. The lowest BCUT2D eigenvalue weighted by molar-refractivity contribution is -0.113. The number of thioether (sulfide) groups is 1. The van der Waals surface area contributed by atoms with Crippen LogP contribution in [0.2, 0.25) is 0 Å². The van der Waals surface area contributed by atoms with E-state index in [4.69, 9.17) is 0 Å². The highest BCUT2D eigenvalue weighted by Gasteiger charge is 2.18. The molecule has 0 atom stereocenters. The van der Waals surface area contributed by atoms with Crippen LogP contribution in [0.25, 0.3) is 21.5 Å². The number of nitrogens with one attached hydrogen (secondary N) is 1. The van der Waals surface area contributed by atoms with E-state index in [2.05, 4.69) is 49.8 Å². The summed E-state index contributed by atoms with van der Waals surface area (Å²) in [7, 11) is 0. The van der Waals surface area contributed by atoms with Crippen LogP contribution in [-0.4, -0.2) is 36.6 Å². The first-order chi connectivity index (χ1) is 13.7. The predicted octanol–water partition coefficient (Wildman–Crippen LogP) is 4.24. The Kier molecular flexibility index (Phi) is 5.51. The molecule has 7 nitrogen and oxygen atoms in total. The van der Waals surface area contributed by atoms with E-state index in [1.807, 2.05) is 23.6 Å². The quantitative estimate of drug-likeness (QED) is 0.350. The number of aryl methyl sites for hydroxylation is 1. The Morgan fingerprint density at radius 1 is 1.29 bits per heavy atom. The number of rotatable bonds is 7. The second-order valence-electron chi connectivity index (χ2n) is 5.81. The summed E-state index contributed by atoms with van der Waals surface area (Å²) in [5.41, 5.74) is 1.04. The molecule has 4 aromatic rings. The molecule has 4 rings (SSSR count). The fraction of sp³-hybridized carbons (Fsp3) is 0.167. The van der Waals surface area contributed by atoms with Crippen molar-refractivity contribution in [1.29, 1.82) is 0 Å². The number of anilines is 1. The first-order valence-electron chi connectivity index (χ1n) is 8.39. The lowest BCUT2D eigenvalue weighted by Crippen LogP contribution is -2.14. The Hall–Kier alpha value is -2.56. The summed E-state index contributed by atoms with van der Waals surface area (Å²) in [6.07, 6.45) is 1.80. The second-order valence-corrected chi connectivity index (χ2v) is 8.85. The van der Waals surface area contributed by atoms with Crippen molar-refractivity contribution in [3.63, 3.8) is 0 Å². The van der Waals surface area contributed by atoms with Crippen LogP contribution in [-0.2, 0) is 11.3 Å². The third kappa shape index (κ3) is 3.84. The zero-order valence-corrected chi connectivity index (χ0v) is 17.4. The van der Waals surface area contributed by atoms with E-state index < -0.39 is 0 Å². The molecular weight excluding hydrogens is 412 g/mol. The Bertz CT molecular complexity index is 1150. The maximum Gasteiger partial charge on any atom is 0.236 e. The lowest BCUT2D eigenvalue weighted by atomic mass is 10.1. The van der Waals surface area contributed by atoms with Crippen molar-refractivity contribution in [3.8, 4) is 11.4 Å². The molecule has 0 aliphatic carbocycles. The van der Waals surface area contributed by atoms with Crippen LogP contribution in [0.1, 0.15) is 5.01 Å². The average molecular weight is 429 g/mol. The van der Waals surface area contributed by atoms with Crippen molar-refractivity contribution in [2.45, 2.75) is 18.6 Å². The highest BCUT2D eigenvalue weighted by atomic mass is 32.2. The van der Waals surface area contributed by atoms with Gasteiger partial charge in [0.2, 0.25) is 11.0 Å². The van der Waals surface area contributed by atoms with Gasteiger partial charge in [0.25, 0.3) is 0 Å². The molecule has 28 heavy (non-hydrogen) atoms. The van der Waals surface area contributed by atoms with Gasteiger partial charge in [0.1, 0.15) is 5.01 Å². The Labute approximate surface area is 173 Å². The molecule has 0 bridgehead atoms. The number of amides is 1. The van der Waals surface area contributed by atoms with Crippen molar-refractivity contribution in [1.82, 2.24) is 25.0 Å². The van der Waals surface area contributed by atoms with Crippen LogP contribution in [0.15, 0.2) is 47.5 Å². The number of carbonyl (C=O) groups excluding carboxylic acids is 1. The van der Waals surface area contributed by atoms with Gasteiger partial charge < -0.3 is 0 Å². The van der Waals surface area contributed by atoms with Gasteiger partial charge >= 0.3 is 0 Å². The van der Waals surface area contributed by atoms with E-state index in [-0.39, 0.29) is 11.7 Å². The summed E-state index contributed by atoms with van der Waals surface area (Å²) in [5.74, 6) is 0.829. The number of benzene rings is 1. The number of thiophene rings is 1. The largest absolute Gasteiger partial charge is 0.300 e. The van der Waals surface area contributed by atoms with Gasteiger partial charge in [-0.1, -0.05) is 47.4 Å². The fourth-order valence-corrected chi connectivity index (χ4v) is 4.97. The number of hydrogen-bond acceptors (Lipinski definition) is 8. The summed E-state index contributed by atoms with van der Waals surface area (Å²) >= 11 is 4.35. The van der Waals surface area contributed by atoms with E-state index in [1.54, 1.807) is 17.4 Å². The van der Waals surface area contributed by atoms with Gasteiger partial charge in [0.15, 0.2) is 11.0 Å². The van der Waals surface area contributed by atoms with Crippen LogP contribution in [0.3, 0.4) is 0 Å². The molecule has 10 heteroatoms. The van der Waals surface area contributed by atoms with Crippen LogP contribution in [0, 0.1) is 6.92 Å². The third-order valence-electron chi connectivity index (χ3n) is 3.86. The number of allylic oxidation sites excluding steroid dienone is 1. The van der Waals surface area contributed by atoms with Gasteiger partial charge in [-0.25, -0.2) is 0 Å². The van der Waals surface area contributed by atoms with Crippen molar-refractivity contribution in [3.05, 3.63) is 47.3 Å². The summed E-state index contributed by atoms with van der Waals surface area (Å²) in [6, 6.07) is 8.21. The Balaban J connectivity index is 1.55. The molecule has 3 heterocycles. The van der Waals surface area contributed by atoms with Crippen LogP contribution in [0.4, 0.5) is 5.13 Å². The van der Waals surface area contributed by atoms with E-state index in [0.717, 1.165) is 21.8 Å². The topological polar surface area (TPSA) is 85.6 Å². The highest BCUT2D eigenvalue weighted by Crippen LogP contribution is 2.34. The number of nitrogens with zero attached hydrogens (tertiary/aromatic N) is 5. The van der Waals surface area contributed by atoms with Gasteiger partial charge in [-0.05, 0) is 13.0 Å².